The zero-order chi connectivity index (χ0) is 11.4. The molecular weight excluding hydrogens is 223 g/mol. The highest BCUT2D eigenvalue weighted by Crippen LogP contribution is 2.18. The van der Waals surface area contributed by atoms with E-state index in [9.17, 15) is 17.6 Å². The first kappa shape index (κ1) is 11.6. The Bertz CT molecular complexity index is 433. The molecular formula is C9H9FO4S. The maximum atomic E-state index is 12.8. The van der Waals surface area contributed by atoms with Gasteiger partial charge in [0.15, 0.2) is 16.0 Å². The lowest BCUT2D eigenvalue weighted by atomic mass is 10.1. The Hall–Kier alpha value is -1.43. The van der Waals surface area contributed by atoms with Gasteiger partial charge in [0.2, 0.25) is 0 Å². The van der Waals surface area contributed by atoms with Crippen molar-refractivity contribution in [2.45, 2.75) is 5.25 Å². The van der Waals surface area contributed by atoms with Crippen LogP contribution in [-0.4, -0.2) is 21.5 Å². The van der Waals surface area contributed by atoms with E-state index < -0.39 is 27.7 Å². The molecule has 1 aromatic rings. The van der Waals surface area contributed by atoms with Gasteiger partial charge < -0.3 is 4.74 Å². The fourth-order valence-electron chi connectivity index (χ4n) is 1.13. The van der Waals surface area contributed by atoms with Crippen LogP contribution in [0.25, 0.3) is 0 Å². The molecule has 0 aliphatic carbocycles. The van der Waals surface area contributed by atoms with Gasteiger partial charge in [-0.25, -0.2) is 12.8 Å². The summed E-state index contributed by atoms with van der Waals surface area (Å²) < 4.78 is 38.8. The average Bonchev–Trinajstić information content (AvgIpc) is 2.17. The lowest BCUT2D eigenvalue weighted by Gasteiger charge is -2.07. The molecule has 0 N–H and O–H groups in total. The van der Waals surface area contributed by atoms with Gasteiger partial charge in [0.25, 0.3) is 0 Å². The molecule has 0 bridgehead atoms. The van der Waals surface area contributed by atoms with E-state index in [1.807, 2.05) is 0 Å². The number of esters is 1. The van der Waals surface area contributed by atoms with Gasteiger partial charge in [0.1, 0.15) is 5.82 Å². The molecule has 0 saturated heterocycles. The molecule has 1 unspecified atom stereocenters. The van der Waals surface area contributed by atoms with Crippen LogP contribution in [0.5, 0.6) is 0 Å². The summed E-state index contributed by atoms with van der Waals surface area (Å²) >= 11 is 0. The molecule has 15 heavy (non-hydrogen) atoms. The number of hydrogen-bond donors (Lipinski definition) is 1. The zero-order valence-electron chi connectivity index (χ0n) is 7.84. The Kier molecular flexibility index (Phi) is 3.79. The second kappa shape index (κ2) is 4.88. The van der Waals surface area contributed by atoms with Crippen molar-refractivity contribution in [1.29, 1.82) is 0 Å². The lowest BCUT2D eigenvalue weighted by Crippen LogP contribution is -2.15. The number of hydrogen-bond acceptors (Lipinski definition) is 4. The first-order valence-electron chi connectivity index (χ1n) is 4.03. The molecule has 0 aromatic heterocycles. The number of thiol groups is 1. The minimum Gasteiger partial charge on any atom is -0.468 e. The summed E-state index contributed by atoms with van der Waals surface area (Å²) in [7, 11) is -1.96. The summed E-state index contributed by atoms with van der Waals surface area (Å²) in [5, 5.41) is -1.44. The fourth-order valence-corrected chi connectivity index (χ4v) is 1.81. The Morgan fingerprint density at radius 2 is 2.13 bits per heavy atom. The van der Waals surface area contributed by atoms with Crippen LogP contribution in [0.2, 0.25) is 0 Å². The highest BCUT2D eigenvalue weighted by molar-refractivity contribution is 7.73. The molecule has 0 saturated carbocycles. The summed E-state index contributed by atoms with van der Waals surface area (Å²) in [6, 6.07) is 4.84. The SMILES string of the molecule is COC(=O)C(c1cccc(F)c1)[SH](=O)=O. The van der Waals surface area contributed by atoms with E-state index in [0.717, 1.165) is 19.2 Å². The van der Waals surface area contributed by atoms with Gasteiger partial charge in [-0.2, -0.15) is 0 Å². The maximum absolute atomic E-state index is 12.8. The molecule has 6 heteroatoms. The Morgan fingerprint density at radius 1 is 1.47 bits per heavy atom. The largest absolute Gasteiger partial charge is 0.468 e. The number of ether oxygens (including phenoxy) is 1. The minimum atomic E-state index is -3.04. The van der Waals surface area contributed by atoms with E-state index in [2.05, 4.69) is 4.74 Å². The highest BCUT2D eigenvalue weighted by atomic mass is 32.2. The molecule has 0 aliphatic rings. The second-order valence-electron chi connectivity index (χ2n) is 2.77. The predicted octanol–water partition coefficient (Wildman–Crippen LogP) is 0.651. The number of carbonyl (C=O) groups is 1. The van der Waals surface area contributed by atoms with Crippen LogP contribution in [0.1, 0.15) is 10.8 Å². The van der Waals surface area contributed by atoms with Crippen molar-refractivity contribution in [1.82, 2.24) is 0 Å². The van der Waals surface area contributed by atoms with Gasteiger partial charge in [-0.1, -0.05) is 12.1 Å². The van der Waals surface area contributed by atoms with Crippen molar-refractivity contribution < 1.29 is 22.3 Å². The quantitative estimate of drug-likeness (QED) is 0.614. The summed E-state index contributed by atoms with van der Waals surface area (Å²) in [6.07, 6.45) is 0. The molecule has 1 atom stereocenters. The standard InChI is InChI=1S/C9H9FO4S/c1-14-9(11)8(15(12)13)6-3-2-4-7(10)5-6/h2-5,8,15H,1H3. The summed E-state index contributed by atoms with van der Waals surface area (Å²) in [5.74, 6) is -1.52. The molecule has 1 rings (SSSR count). The van der Waals surface area contributed by atoms with Gasteiger partial charge in [-0.3, -0.25) is 4.79 Å². The Labute approximate surface area is 87.6 Å². The van der Waals surface area contributed by atoms with E-state index in [4.69, 9.17) is 0 Å². The predicted molar refractivity (Wildman–Crippen MR) is 51.5 cm³/mol. The van der Waals surface area contributed by atoms with Crippen molar-refractivity contribution in [3.8, 4) is 0 Å². The van der Waals surface area contributed by atoms with Crippen LogP contribution in [0.4, 0.5) is 4.39 Å². The van der Waals surface area contributed by atoms with Crippen LogP contribution in [0, 0.1) is 5.82 Å². The van der Waals surface area contributed by atoms with Crippen LogP contribution >= 0.6 is 0 Å². The van der Waals surface area contributed by atoms with E-state index in [1.54, 1.807) is 0 Å². The normalized spacial score (nSPS) is 12.5. The van der Waals surface area contributed by atoms with Gasteiger partial charge in [0.05, 0.1) is 7.11 Å². The third-order valence-corrected chi connectivity index (χ3v) is 2.73. The molecule has 0 fully saturated rings. The Balaban J connectivity index is 3.16. The first-order valence-corrected chi connectivity index (χ1v) is 5.27. The number of halogens is 1. The minimum absolute atomic E-state index is 0.0676. The molecule has 0 heterocycles. The second-order valence-corrected chi connectivity index (χ2v) is 3.85. The molecule has 82 valence electrons. The maximum Gasteiger partial charge on any atom is 0.328 e. The van der Waals surface area contributed by atoms with Gasteiger partial charge >= 0.3 is 5.97 Å². The van der Waals surface area contributed by atoms with Crippen molar-refractivity contribution >= 4 is 16.7 Å². The molecule has 0 aliphatic heterocycles. The van der Waals surface area contributed by atoms with E-state index in [-0.39, 0.29) is 5.56 Å². The number of carbonyl (C=O) groups excluding carboxylic acids is 1. The monoisotopic (exact) mass is 232 g/mol. The molecule has 0 radical (unpaired) electrons. The van der Waals surface area contributed by atoms with Gasteiger partial charge in [-0.05, 0) is 17.7 Å². The van der Waals surface area contributed by atoms with Crippen LogP contribution in [0.3, 0.4) is 0 Å². The van der Waals surface area contributed by atoms with Crippen molar-refractivity contribution in [3.63, 3.8) is 0 Å². The summed E-state index contributed by atoms with van der Waals surface area (Å²) in [4.78, 5) is 11.1. The number of methoxy groups -OCH3 is 1. The third-order valence-electron chi connectivity index (χ3n) is 1.80. The van der Waals surface area contributed by atoms with Crippen LogP contribution < -0.4 is 0 Å². The molecule has 1 aromatic carbocycles. The molecule has 0 amide bonds. The summed E-state index contributed by atoms with van der Waals surface area (Å²) in [6.45, 7) is 0. The topological polar surface area (TPSA) is 60.4 Å². The van der Waals surface area contributed by atoms with Gasteiger partial charge in [-0.15, -0.1) is 0 Å². The lowest BCUT2D eigenvalue weighted by molar-refractivity contribution is -0.140. The van der Waals surface area contributed by atoms with Crippen molar-refractivity contribution in [2.24, 2.45) is 0 Å². The zero-order valence-corrected chi connectivity index (χ0v) is 8.74. The smallest absolute Gasteiger partial charge is 0.328 e. The third kappa shape index (κ3) is 2.76. The first-order chi connectivity index (χ1) is 7.06. The Morgan fingerprint density at radius 3 is 2.60 bits per heavy atom. The van der Waals surface area contributed by atoms with E-state index in [1.165, 1.54) is 12.1 Å². The van der Waals surface area contributed by atoms with Crippen molar-refractivity contribution in [2.75, 3.05) is 7.11 Å². The van der Waals surface area contributed by atoms with Crippen molar-refractivity contribution in [3.05, 3.63) is 35.6 Å². The van der Waals surface area contributed by atoms with E-state index >= 15 is 0 Å². The summed E-state index contributed by atoms with van der Waals surface area (Å²) in [5.41, 5.74) is 0.0676. The molecule has 4 nitrogen and oxygen atoms in total. The van der Waals surface area contributed by atoms with E-state index in [0.29, 0.717) is 0 Å². The van der Waals surface area contributed by atoms with Crippen LogP contribution in [0.15, 0.2) is 24.3 Å². The number of benzene rings is 1. The van der Waals surface area contributed by atoms with Crippen LogP contribution in [-0.2, 0) is 20.2 Å². The fraction of sp³-hybridized carbons (Fsp3) is 0.222. The van der Waals surface area contributed by atoms with Gasteiger partial charge in [0, 0.05) is 0 Å². The average molecular weight is 232 g/mol. The highest BCUT2D eigenvalue weighted by Gasteiger charge is 2.24. The molecule has 0 spiro atoms. The number of rotatable bonds is 3.